The molecule has 16 heavy (non-hydrogen) atoms. The van der Waals surface area contributed by atoms with Crippen LogP contribution in [-0.2, 0) is 9.53 Å². The fourth-order valence-corrected chi connectivity index (χ4v) is 1.50. The van der Waals surface area contributed by atoms with Crippen molar-refractivity contribution in [3.63, 3.8) is 0 Å². The molecular weight excluding hydrogens is 211 g/mol. The molecule has 0 bridgehead atoms. The normalized spacial score (nSPS) is 20.4. The maximum atomic E-state index is 12.6. The summed E-state index contributed by atoms with van der Waals surface area (Å²) >= 11 is 0. The number of amides is 1. The van der Waals surface area contributed by atoms with Crippen LogP contribution >= 0.6 is 0 Å². The SMILES string of the molecule is O=C(Nc1ccc(F)cc1)[C@@H]1COCCN1. The van der Waals surface area contributed by atoms with E-state index in [9.17, 15) is 9.18 Å². The predicted octanol–water partition coefficient (Wildman–Crippen LogP) is 0.753. The van der Waals surface area contributed by atoms with E-state index in [0.717, 1.165) is 0 Å². The van der Waals surface area contributed by atoms with Crippen molar-refractivity contribution >= 4 is 11.6 Å². The molecule has 0 aliphatic carbocycles. The second-order valence-electron chi connectivity index (χ2n) is 3.58. The minimum atomic E-state index is -0.334. The van der Waals surface area contributed by atoms with Crippen molar-refractivity contribution in [1.29, 1.82) is 0 Å². The van der Waals surface area contributed by atoms with Crippen molar-refractivity contribution in [1.82, 2.24) is 5.32 Å². The van der Waals surface area contributed by atoms with Crippen molar-refractivity contribution in [3.8, 4) is 0 Å². The summed E-state index contributed by atoms with van der Waals surface area (Å²) in [7, 11) is 0. The Morgan fingerprint density at radius 1 is 1.44 bits per heavy atom. The lowest BCUT2D eigenvalue weighted by atomic mass is 10.2. The molecule has 0 aromatic heterocycles. The Morgan fingerprint density at radius 3 is 2.81 bits per heavy atom. The number of hydrogen-bond acceptors (Lipinski definition) is 3. The standard InChI is InChI=1S/C11H13FN2O2/c12-8-1-3-9(4-2-8)14-11(15)10-7-16-6-5-13-10/h1-4,10,13H,5-7H2,(H,14,15)/t10-/m0/s1. The number of morpholine rings is 1. The molecule has 2 rings (SSSR count). The van der Waals surface area contributed by atoms with E-state index < -0.39 is 0 Å². The Morgan fingerprint density at radius 2 is 2.19 bits per heavy atom. The third kappa shape index (κ3) is 2.77. The van der Waals surface area contributed by atoms with Crippen LogP contribution in [0.25, 0.3) is 0 Å². The van der Waals surface area contributed by atoms with Crippen LogP contribution in [0.1, 0.15) is 0 Å². The number of carbonyl (C=O) groups excluding carboxylic acids is 1. The van der Waals surface area contributed by atoms with Crippen LogP contribution in [0.2, 0.25) is 0 Å². The Balaban J connectivity index is 1.93. The summed E-state index contributed by atoms with van der Waals surface area (Å²) in [5.41, 5.74) is 0.582. The second kappa shape index (κ2) is 5.05. The molecule has 1 aromatic carbocycles. The van der Waals surface area contributed by atoms with Crippen molar-refractivity contribution in [2.24, 2.45) is 0 Å². The summed E-state index contributed by atoms with van der Waals surface area (Å²) in [6.45, 7) is 1.66. The molecule has 1 aromatic rings. The number of ether oxygens (including phenoxy) is 1. The number of carbonyl (C=O) groups is 1. The molecule has 0 saturated carbocycles. The van der Waals surface area contributed by atoms with E-state index >= 15 is 0 Å². The van der Waals surface area contributed by atoms with E-state index in [2.05, 4.69) is 10.6 Å². The predicted molar refractivity (Wildman–Crippen MR) is 57.6 cm³/mol. The fraction of sp³-hybridized carbons (Fsp3) is 0.364. The highest BCUT2D eigenvalue weighted by Crippen LogP contribution is 2.09. The van der Waals surface area contributed by atoms with Gasteiger partial charge in [-0.2, -0.15) is 0 Å². The van der Waals surface area contributed by atoms with E-state index in [4.69, 9.17) is 4.74 Å². The van der Waals surface area contributed by atoms with Gasteiger partial charge in [0.15, 0.2) is 0 Å². The van der Waals surface area contributed by atoms with E-state index in [1.165, 1.54) is 24.3 Å². The highest BCUT2D eigenvalue weighted by molar-refractivity contribution is 5.94. The first-order chi connectivity index (χ1) is 7.75. The van der Waals surface area contributed by atoms with Crippen LogP contribution in [0.3, 0.4) is 0 Å². The van der Waals surface area contributed by atoms with Gasteiger partial charge < -0.3 is 15.4 Å². The number of rotatable bonds is 2. The third-order valence-electron chi connectivity index (χ3n) is 2.35. The molecule has 1 aliphatic heterocycles. The van der Waals surface area contributed by atoms with E-state index in [0.29, 0.717) is 25.4 Å². The third-order valence-corrected chi connectivity index (χ3v) is 2.35. The first-order valence-electron chi connectivity index (χ1n) is 5.13. The van der Waals surface area contributed by atoms with Crippen molar-refractivity contribution in [2.75, 3.05) is 25.1 Å². The average molecular weight is 224 g/mol. The van der Waals surface area contributed by atoms with E-state index in [1.807, 2.05) is 0 Å². The highest BCUT2D eigenvalue weighted by atomic mass is 19.1. The highest BCUT2D eigenvalue weighted by Gasteiger charge is 2.20. The van der Waals surface area contributed by atoms with Gasteiger partial charge in [-0.3, -0.25) is 4.79 Å². The monoisotopic (exact) mass is 224 g/mol. The quantitative estimate of drug-likeness (QED) is 0.779. The number of anilines is 1. The number of nitrogens with one attached hydrogen (secondary N) is 2. The first-order valence-corrected chi connectivity index (χ1v) is 5.13. The van der Waals surface area contributed by atoms with Crippen LogP contribution in [0, 0.1) is 5.82 Å². The lowest BCUT2D eigenvalue weighted by molar-refractivity contribution is -0.120. The van der Waals surface area contributed by atoms with Gasteiger partial charge in [0.1, 0.15) is 11.9 Å². The lowest BCUT2D eigenvalue weighted by Gasteiger charge is -2.22. The molecule has 0 radical (unpaired) electrons. The Bertz CT molecular complexity index is 361. The molecule has 0 unspecified atom stereocenters. The molecule has 1 fully saturated rings. The van der Waals surface area contributed by atoms with Crippen LogP contribution in [0.5, 0.6) is 0 Å². The molecule has 1 aliphatic rings. The fourth-order valence-electron chi connectivity index (χ4n) is 1.50. The van der Waals surface area contributed by atoms with Gasteiger partial charge in [0.05, 0.1) is 13.2 Å². The van der Waals surface area contributed by atoms with Crippen LogP contribution in [0.15, 0.2) is 24.3 Å². The van der Waals surface area contributed by atoms with Gasteiger partial charge in [-0.1, -0.05) is 0 Å². The molecule has 4 nitrogen and oxygen atoms in total. The Kier molecular flexibility index (Phi) is 3.48. The molecule has 86 valence electrons. The van der Waals surface area contributed by atoms with Gasteiger partial charge in [0.25, 0.3) is 0 Å². The minimum Gasteiger partial charge on any atom is -0.378 e. The first kappa shape index (κ1) is 11.0. The Hall–Kier alpha value is -1.46. The van der Waals surface area contributed by atoms with Crippen LogP contribution < -0.4 is 10.6 Å². The zero-order valence-corrected chi connectivity index (χ0v) is 8.70. The Labute approximate surface area is 92.8 Å². The van der Waals surface area contributed by atoms with Gasteiger partial charge in [-0.15, -0.1) is 0 Å². The molecule has 2 N–H and O–H groups in total. The lowest BCUT2D eigenvalue weighted by Crippen LogP contribution is -2.48. The molecule has 5 heteroatoms. The summed E-state index contributed by atoms with van der Waals surface area (Å²) in [6, 6.07) is 5.33. The molecular formula is C11H13FN2O2. The zero-order chi connectivity index (χ0) is 11.4. The van der Waals surface area contributed by atoms with E-state index in [-0.39, 0.29) is 17.8 Å². The molecule has 0 spiro atoms. The summed E-state index contributed by atoms with van der Waals surface area (Å²) in [5, 5.41) is 5.73. The van der Waals surface area contributed by atoms with E-state index in [1.54, 1.807) is 0 Å². The molecule has 1 saturated heterocycles. The van der Waals surface area contributed by atoms with Crippen molar-refractivity contribution in [3.05, 3.63) is 30.1 Å². The maximum absolute atomic E-state index is 12.6. The summed E-state index contributed by atoms with van der Waals surface area (Å²) < 4.78 is 17.8. The number of halogens is 1. The smallest absolute Gasteiger partial charge is 0.243 e. The summed E-state index contributed by atoms with van der Waals surface area (Å²) in [4.78, 5) is 11.7. The van der Waals surface area contributed by atoms with Gasteiger partial charge in [0.2, 0.25) is 5.91 Å². The molecule has 1 atom stereocenters. The minimum absolute atomic E-state index is 0.161. The van der Waals surface area contributed by atoms with Gasteiger partial charge >= 0.3 is 0 Å². The molecule has 1 amide bonds. The van der Waals surface area contributed by atoms with Crippen molar-refractivity contribution in [2.45, 2.75) is 6.04 Å². The van der Waals surface area contributed by atoms with Gasteiger partial charge in [-0.25, -0.2) is 4.39 Å². The number of benzene rings is 1. The number of hydrogen-bond donors (Lipinski definition) is 2. The molecule has 1 heterocycles. The van der Waals surface area contributed by atoms with Gasteiger partial charge in [-0.05, 0) is 24.3 Å². The van der Waals surface area contributed by atoms with Gasteiger partial charge in [0, 0.05) is 12.2 Å². The van der Waals surface area contributed by atoms with Crippen molar-refractivity contribution < 1.29 is 13.9 Å². The average Bonchev–Trinajstić information content (AvgIpc) is 2.33. The van der Waals surface area contributed by atoms with Crippen LogP contribution in [0.4, 0.5) is 10.1 Å². The van der Waals surface area contributed by atoms with Crippen LogP contribution in [-0.4, -0.2) is 31.7 Å². The topological polar surface area (TPSA) is 50.4 Å². The maximum Gasteiger partial charge on any atom is 0.243 e. The summed E-state index contributed by atoms with van der Waals surface area (Å²) in [5.74, 6) is -0.483. The largest absolute Gasteiger partial charge is 0.378 e. The second-order valence-corrected chi connectivity index (χ2v) is 3.58. The zero-order valence-electron chi connectivity index (χ0n) is 8.70. The summed E-state index contributed by atoms with van der Waals surface area (Å²) in [6.07, 6.45) is 0.